The van der Waals surface area contributed by atoms with E-state index in [1.54, 1.807) is 16.7 Å². The number of carbonyl (C=O) groups excluding carboxylic acids is 1. The summed E-state index contributed by atoms with van der Waals surface area (Å²) in [5, 5.41) is 0.918. The van der Waals surface area contributed by atoms with Crippen molar-refractivity contribution in [2.75, 3.05) is 18.8 Å². The summed E-state index contributed by atoms with van der Waals surface area (Å²) in [7, 11) is 0. The van der Waals surface area contributed by atoms with Gasteiger partial charge in [-0.25, -0.2) is 0 Å². The van der Waals surface area contributed by atoms with Crippen LogP contribution in [0.4, 0.5) is 13.2 Å². The number of halogens is 4. The highest BCUT2D eigenvalue weighted by Gasteiger charge is 2.30. The Morgan fingerprint density at radius 3 is 2.42 bits per heavy atom. The lowest BCUT2D eigenvalue weighted by molar-refractivity contribution is -0.137. The predicted octanol–water partition coefficient (Wildman–Crippen LogP) is 5.68. The predicted molar refractivity (Wildman–Crippen MR) is 98.6 cm³/mol. The molecular weight excluding hydrogens is 383 g/mol. The summed E-state index contributed by atoms with van der Waals surface area (Å²) in [6.07, 6.45) is -3.65. The van der Waals surface area contributed by atoms with Gasteiger partial charge >= 0.3 is 6.18 Å². The van der Waals surface area contributed by atoms with Gasteiger partial charge in [-0.3, -0.25) is 4.79 Å². The highest BCUT2D eigenvalue weighted by atomic mass is 35.5. The van der Waals surface area contributed by atoms with Crippen molar-refractivity contribution in [3.63, 3.8) is 0 Å². The number of alkyl halides is 3. The smallest absolute Gasteiger partial charge is 0.338 e. The first kappa shape index (κ1) is 19.1. The van der Waals surface area contributed by atoms with Gasteiger partial charge in [0.05, 0.1) is 5.56 Å². The minimum Gasteiger partial charge on any atom is -0.338 e. The molecule has 2 aromatic rings. The maximum atomic E-state index is 12.7. The average molecular weight is 400 g/mol. The van der Waals surface area contributed by atoms with E-state index in [-0.39, 0.29) is 16.7 Å². The number of thioether (sulfide) groups is 1. The van der Waals surface area contributed by atoms with Crippen LogP contribution in [-0.4, -0.2) is 29.6 Å². The Balaban J connectivity index is 1.69. The van der Waals surface area contributed by atoms with Gasteiger partial charge < -0.3 is 4.90 Å². The Morgan fingerprint density at radius 1 is 1.08 bits per heavy atom. The molecule has 138 valence electrons. The summed E-state index contributed by atoms with van der Waals surface area (Å²) in [6, 6.07) is 12.1. The van der Waals surface area contributed by atoms with Crippen molar-refractivity contribution < 1.29 is 18.0 Å². The molecule has 0 bridgehead atoms. The Kier molecular flexibility index (Phi) is 5.82. The summed E-state index contributed by atoms with van der Waals surface area (Å²) in [6.45, 7) is 1.11. The van der Waals surface area contributed by atoms with Gasteiger partial charge in [0.1, 0.15) is 0 Å². The van der Waals surface area contributed by atoms with Gasteiger partial charge in [0.15, 0.2) is 0 Å². The monoisotopic (exact) mass is 399 g/mol. The molecule has 2 nitrogen and oxygen atoms in total. The third-order valence-corrected chi connectivity index (χ3v) is 5.99. The van der Waals surface area contributed by atoms with E-state index in [1.807, 2.05) is 24.3 Å². The molecule has 0 aromatic heterocycles. The fraction of sp³-hybridized carbons (Fsp3) is 0.316. The van der Waals surface area contributed by atoms with Crippen molar-refractivity contribution >= 4 is 29.3 Å². The second kappa shape index (κ2) is 7.92. The van der Waals surface area contributed by atoms with Crippen LogP contribution < -0.4 is 0 Å². The van der Waals surface area contributed by atoms with Crippen LogP contribution in [-0.2, 0) is 6.18 Å². The Labute approximate surface area is 159 Å². The van der Waals surface area contributed by atoms with E-state index in [9.17, 15) is 18.0 Å². The standard InChI is InChI=1S/C19H17ClF3NOS/c20-16-4-2-1-3-15(16)17-9-10-24(11-12-26-17)18(25)13-5-7-14(8-6-13)19(21,22)23/h1-8,17H,9-12H2/t17-/m1/s1. The maximum Gasteiger partial charge on any atom is 0.416 e. The van der Waals surface area contributed by atoms with Crippen molar-refractivity contribution in [1.29, 1.82) is 0 Å². The Morgan fingerprint density at radius 2 is 1.77 bits per heavy atom. The van der Waals surface area contributed by atoms with E-state index < -0.39 is 11.7 Å². The molecule has 1 amide bonds. The number of rotatable bonds is 2. The zero-order valence-electron chi connectivity index (χ0n) is 13.8. The molecule has 1 aliphatic heterocycles. The third-order valence-electron chi connectivity index (χ3n) is 4.34. The lowest BCUT2D eigenvalue weighted by Crippen LogP contribution is -2.33. The van der Waals surface area contributed by atoms with Gasteiger partial charge in [0, 0.05) is 34.7 Å². The van der Waals surface area contributed by atoms with E-state index in [4.69, 9.17) is 11.6 Å². The van der Waals surface area contributed by atoms with Crippen LogP contribution in [0.25, 0.3) is 0 Å². The quantitative estimate of drug-likeness (QED) is 0.647. The molecule has 1 heterocycles. The molecule has 0 spiro atoms. The average Bonchev–Trinajstić information content (AvgIpc) is 2.87. The lowest BCUT2D eigenvalue weighted by atomic mass is 10.1. The van der Waals surface area contributed by atoms with Crippen molar-refractivity contribution in [2.24, 2.45) is 0 Å². The SMILES string of the molecule is O=C(c1ccc(C(F)(F)F)cc1)N1CCS[C@@H](c2ccccc2Cl)CC1. The first-order chi connectivity index (χ1) is 12.4. The number of hydrogen-bond acceptors (Lipinski definition) is 2. The van der Waals surface area contributed by atoms with Crippen LogP contribution in [0.3, 0.4) is 0 Å². The van der Waals surface area contributed by atoms with Gasteiger partial charge in [0.2, 0.25) is 0 Å². The molecule has 26 heavy (non-hydrogen) atoms. The first-order valence-electron chi connectivity index (χ1n) is 8.19. The fourth-order valence-electron chi connectivity index (χ4n) is 2.94. The van der Waals surface area contributed by atoms with E-state index in [1.165, 1.54) is 12.1 Å². The molecule has 0 saturated carbocycles. The third kappa shape index (κ3) is 4.35. The first-order valence-corrected chi connectivity index (χ1v) is 9.61. The van der Waals surface area contributed by atoms with Crippen LogP contribution in [0.2, 0.25) is 5.02 Å². The van der Waals surface area contributed by atoms with Crippen LogP contribution in [0.5, 0.6) is 0 Å². The van der Waals surface area contributed by atoms with Gasteiger partial charge in [-0.05, 0) is 42.3 Å². The van der Waals surface area contributed by atoms with Crippen molar-refractivity contribution in [2.45, 2.75) is 17.8 Å². The maximum absolute atomic E-state index is 12.7. The van der Waals surface area contributed by atoms with Crippen molar-refractivity contribution in [1.82, 2.24) is 4.90 Å². The van der Waals surface area contributed by atoms with Crippen molar-refractivity contribution in [3.8, 4) is 0 Å². The Bertz CT molecular complexity index is 779. The molecule has 0 unspecified atom stereocenters. The minimum atomic E-state index is -4.40. The summed E-state index contributed by atoms with van der Waals surface area (Å²) >= 11 is 8.02. The molecular formula is C19H17ClF3NOS. The van der Waals surface area contributed by atoms with Crippen LogP contribution in [0.1, 0.15) is 33.2 Å². The molecule has 1 aliphatic rings. The number of nitrogens with zero attached hydrogens (tertiary/aromatic N) is 1. The number of amides is 1. The number of hydrogen-bond donors (Lipinski definition) is 0. The molecule has 7 heteroatoms. The Hall–Kier alpha value is -1.66. The van der Waals surface area contributed by atoms with E-state index in [2.05, 4.69) is 0 Å². The van der Waals surface area contributed by atoms with Crippen molar-refractivity contribution in [3.05, 3.63) is 70.2 Å². The molecule has 0 aliphatic carbocycles. The van der Waals surface area contributed by atoms with E-state index in [0.29, 0.717) is 18.1 Å². The second-order valence-electron chi connectivity index (χ2n) is 6.04. The fourth-order valence-corrected chi connectivity index (χ4v) is 4.54. The van der Waals surface area contributed by atoms with E-state index in [0.717, 1.165) is 29.9 Å². The minimum absolute atomic E-state index is 0.203. The number of carbonyl (C=O) groups is 1. The highest BCUT2D eigenvalue weighted by molar-refractivity contribution is 7.99. The molecule has 3 rings (SSSR count). The topological polar surface area (TPSA) is 20.3 Å². The molecule has 2 aromatic carbocycles. The lowest BCUT2D eigenvalue weighted by Gasteiger charge is -2.21. The molecule has 1 saturated heterocycles. The summed E-state index contributed by atoms with van der Waals surface area (Å²) in [5.41, 5.74) is 0.585. The second-order valence-corrected chi connectivity index (χ2v) is 7.75. The van der Waals surface area contributed by atoms with Gasteiger partial charge in [0.25, 0.3) is 5.91 Å². The normalized spacial score (nSPS) is 18.5. The largest absolute Gasteiger partial charge is 0.416 e. The zero-order chi connectivity index (χ0) is 18.7. The molecule has 1 atom stereocenters. The highest BCUT2D eigenvalue weighted by Crippen LogP contribution is 2.38. The van der Waals surface area contributed by atoms with Crippen LogP contribution in [0.15, 0.2) is 48.5 Å². The molecule has 0 N–H and O–H groups in total. The van der Waals surface area contributed by atoms with Gasteiger partial charge in [-0.2, -0.15) is 24.9 Å². The zero-order valence-corrected chi connectivity index (χ0v) is 15.4. The van der Waals surface area contributed by atoms with Crippen LogP contribution in [0, 0.1) is 0 Å². The van der Waals surface area contributed by atoms with Gasteiger partial charge in [-0.15, -0.1) is 0 Å². The summed E-state index contributed by atoms with van der Waals surface area (Å²) in [5.74, 6) is 0.515. The summed E-state index contributed by atoms with van der Waals surface area (Å²) < 4.78 is 38.0. The summed E-state index contributed by atoms with van der Waals surface area (Å²) in [4.78, 5) is 14.3. The molecule has 1 fully saturated rings. The van der Waals surface area contributed by atoms with E-state index >= 15 is 0 Å². The number of benzene rings is 2. The molecule has 0 radical (unpaired) electrons. The van der Waals surface area contributed by atoms with Gasteiger partial charge in [-0.1, -0.05) is 29.8 Å². The van der Waals surface area contributed by atoms with Crippen LogP contribution >= 0.6 is 23.4 Å².